The van der Waals surface area contributed by atoms with Crippen molar-refractivity contribution in [2.75, 3.05) is 26.2 Å². The summed E-state index contributed by atoms with van der Waals surface area (Å²) < 4.78 is 0. The van der Waals surface area contributed by atoms with E-state index >= 15 is 0 Å². The van der Waals surface area contributed by atoms with Crippen molar-refractivity contribution < 1.29 is 9.59 Å². The fourth-order valence-corrected chi connectivity index (χ4v) is 2.61. The lowest BCUT2D eigenvalue weighted by molar-refractivity contribution is -0.151. The molecule has 1 N–H and O–H groups in total. The molecular weight excluding hydrogens is 244 g/mol. The summed E-state index contributed by atoms with van der Waals surface area (Å²) in [6.45, 7) is 2.44. The predicted octanol–water partition coefficient (Wildman–Crippen LogP) is -0.776. The van der Waals surface area contributed by atoms with Crippen molar-refractivity contribution in [3.63, 3.8) is 0 Å². The van der Waals surface area contributed by atoms with Gasteiger partial charge in [0.15, 0.2) is 0 Å². The lowest BCUT2D eigenvalue weighted by atomic mass is 10.1. The normalized spacial score (nSPS) is 23.5. The largest absolute Gasteiger partial charge is 0.335 e. The molecule has 100 valence electrons. The smallest absolute Gasteiger partial charge is 0.242 e. The zero-order valence-electron chi connectivity index (χ0n) is 10.6. The molecular formula is C13H16N4O2. The first-order valence-electron chi connectivity index (χ1n) is 6.41. The average Bonchev–Trinajstić information content (AvgIpc) is 2.42. The number of carbonyl (C=O) groups excluding carboxylic acids is 2. The monoisotopic (exact) mass is 260 g/mol. The van der Waals surface area contributed by atoms with Crippen molar-refractivity contribution in [3.8, 4) is 0 Å². The van der Waals surface area contributed by atoms with Crippen molar-refractivity contribution in [2.24, 2.45) is 0 Å². The molecule has 2 saturated heterocycles. The van der Waals surface area contributed by atoms with E-state index in [-0.39, 0.29) is 24.4 Å². The topological polar surface area (TPSA) is 65.5 Å². The third-order valence-corrected chi connectivity index (χ3v) is 3.60. The standard InChI is InChI=1S/C13H16N4O2/c18-12-6-15-5-11-8-16(13(19)9-17(11)12)7-10-2-1-3-14-4-10/h1-4,11,15H,5-9H2. The number of aromatic nitrogens is 1. The Bertz CT molecular complexity index is 491. The van der Waals surface area contributed by atoms with Crippen molar-refractivity contribution in [1.82, 2.24) is 20.1 Å². The molecule has 0 spiro atoms. The first kappa shape index (κ1) is 12.1. The highest BCUT2D eigenvalue weighted by Crippen LogP contribution is 2.15. The molecule has 2 aliphatic rings. The van der Waals surface area contributed by atoms with Crippen LogP contribution < -0.4 is 5.32 Å². The van der Waals surface area contributed by atoms with Gasteiger partial charge in [-0.3, -0.25) is 14.6 Å². The van der Waals surface area contributed by atoms with Crippen LogP contribution in [0.25, 0.3) is 0 Å². The second-order valence-electron chi connectivity index (χ2n) is 4.94. The molecule has 3 rings (SSSR count). The maximum absolute atomic E-state index is 12.1. The van der Waals surface area contributed by atoms with Crippen molar-refractivity contribution in [1.29, 1.82) is 0 Å². The van der Waals surface area contributed by atoms with E-state index in [1.807, 2.05) is 12.1 Å². The molecule has 6 nitrogen and oxygen atoms in total. The number of nitrogens with zero attached hydrogens (tertiary/aromatic N) is 3. The highest BCUT2D eigenvalue weighted by molar-refractivity contribution is 5.87. The zero-order valence-corrected chi connectivity index (χ0v) is 10.6. The fourth-order valence-electron chi connectivity index (χ4n) is 2.61. The lowest BCUT2D eigenvalue weighted by Crippen LogP contribution is -2.64. The number of fused-ring (bicyclic) bond motifs is 1. The Morgan fingerprint density at radius 3 is 3.05 bits per heavy atom. The minimum Gasteiger partial charge on any atom is -0.335 e. The van der Waals surface area contributed by atoms with Crippen LogP contribution in [-0.4, -0.2) is 58.8 Å². The van der Waals surface area contributed by atoms with Gasteiger partial charge in [0, 0.05) is 32.0 Å². The van der Waals surface area contributed by atoms with Crippen LogP contribution in [0.1, 0.15) is 5.56 Å². The Balaban J connectivity index is 1.71. The highest BCUT2D eigenvalue weighted by atomic mass is 16.2. The van der Waals surface area contributed by atoms with E-state index < -0.39 is 0 Å². The van der Waals surface area contributed by atoms with Crippen LogP contribution in [0.2, 0.25) is 0 Å². The Labute approximate surface area is 111 Å². The van der Waals surface area contributed by atoms with Crippen molar-refractivity contribution >= 4 is 11.8 Å². The molecule has 0 radical (unpaired) electrons. The summed E-state index contributed by atoms with van der Waals surface area (Å²) in [6, 6.07) is 3.91. The summed E-state index contributed by atoms with van der Waals surface area (Å²) >= 11 is 0. The van der Waals surface area contributed by atoms with Gasteiger partial charge in [-0.15, -0.1) is 0 Å². The van der Waals surface area contributed by atoms with Gasteiger partial charge in [0.05, 0.1) is 12.6 Å². The van der Waals surface area contributed by atoms with Crippen LogP contribution in [0.3, 0.4) is 0 Å². The van der Waals surface area contributed by atoms with Gasteiger partial charge in [-0.1, -0.05) is 6.07 Å². The molecule has 3 heterocycles. The molecule has 1 unspecified atom stereocenters. The molecule has 1 atom stereocenters. The number of hydrogen-bond donors (Lipinski definition) is 1. The lowest BCUT2D eigenvalue weighted by Gasteiger charge is -2.43. The summed E-state index contributed by atoms with van der Waals surface area (Å²) in [6.07, 6.45) is 3.48. The number of nitrogens with one attached hydrogen (secondary N) is 1. The number of hydrogen-bond acceptors (Lipinski definition) is 4. The third-order valence-electron chi connectivity index (χ3n) is 3.60. The second kappa shape index (κ2) is 4.97. The first-order chi connectivity index (χ1) is 9.24. The van der Waals surface area contributed by atoms with E-state index in [2.05, 4.69) is 10.3 Å². The van der Waals surface area contributed by atoms with Crippen LogP contribution in [0.4, 0.5) is 0 Å². The number of pyridine rings is 1. The van der Waals surface area contributed by atoms with Crippen LogP contribution in [0.15, 0.2) is 24.5 Å². The summed E-state index contributed by atoms with van der Waals surface area (Å²) in [7, 11) is 0. The molecule has 1 aromatic rings. The number of carbonyl (C=O) groups is 2. The highest BCUT2D eigenvalue weighted by Gasteiger charge is 2.36. The van der Waals surface area contributed by atoms with E-state index in [9.17, 15) is 9.59 Å². The number of piperazine rings is 2. The Morgan fingerprint density at radius 1 is 1.37 bits per heavy atom. The van der Waals surface area contributed by atoms with Gasteiger partial charge in [0.1, 0.15) is 6.54 Å². The average molecular weight is 260 g/mol. The minimum atomic E-state index is 0.00959. The van der Waals surface area contributed by atoms with Gasteiger partial charge in [0.2, 0.25) is 11.8 Å². The third kappa shape index (κ3) is 2.44. The fraction of sp³-hybridized carbons (Fsp3) is 0.462. The van der Waals surface area contributed by atoms with Gasteiger partial charge < -0.3 is 15.1 Å². The number of amides is 2. The first-order valence-corrected chi connectivity index (χ1v) is 6.41. The Morgan fingerprint density at radius 2 is 2.26 bits per heavy atom. The molecule has 1 aromatic heterocycles. The van der Waals surface area contributed by atoms with Crippen molar-refractivity contribution in [2.45, 2.75) is 12.6 Å². The Hall–Kier alpha value is -1.95. The van der Waals surface area contributed by atoms with E-state index in [4.69, 9.17) is 0 Å². The molecule has 0 bridgehead atoms. The quantitative estimate of drug-likeness (QED) is 0.758. The minimum absolute atomic E-state index is 0.00959. The number of rotatable bonds is 2. The van der Waals surface area contributed by atoms with Gasteiger partial charge in [0.25, 0.3) is 0 Å². The van der Waals surface area contributed by atoms with Gasteiger partial charge in [-0.2, -0.15) is 0 Å². The van der Waals surface area contributed by atoms with E-state index in [1.165, 1.54) is 0 Å². The molecule has 0 saturated carbocycles. The molecule has 19 heavy (non-hydrogen) atoms. The molecule has 2 fully saturated rings. The van der Waals surface area contributed by atoms with Crippen LogP contribution in [0.5, 0.6) is 0 Å². The van der Waals surface area contributed by atoms with Crippen LogP contribution in [0, 0.1) is 0 Å². The maximum atomic E-state index is 12.1. The summed E-state index contributed by atoms with van der Waals surface area (Å²) in [5.41, 5.74) is 1.01. The summed E-state index contributed by atoms with van der Waals surface area (Å²) in [5, 5.41) is 3.09. The van der Waals surface area contributed by atoms with Crippen LogP contribution >= 0.6 is 0 Å². The summed E-state index contributed by atoms with van der Waals surface area (Å²) in [4.78, 5) is 31.4. The molecule has 2 amide bonds. The van der Waals surface area contributed by atoms with E-state index in [1.54, 1.807) is 22.2 Å². The van der Waals surface area contributed by atoms with Gasteiger partial charge >= 0.3 is 0 Å². The van der Waals surface area contributed by atoms with Gasteiger partial charge in [-0.25, -0.2) is 0 Å². The Kier molecular flexibility index (Phi) is 3.16. The van der Waals surface area contributed by atoms with Crippen LogP contribution in [-0.2, 0) is 16.1 Å². The van der Waals surface area contributed by atoms with E-state index in [0.29, 0.717) is 19.6 Å². The van der Waals surface area contributed by atoms with E-state index in [0.717, 1.165) is 12.1 Å². The molecule has 0 aromatic carbocycles. The second-order valence-corrected chi connectivity index (χ2v) is 4.94. The zero-order chi connectivity index (χ0) is 13.2. The predicted molar refractivity (Wildman–Crippen MR) is 68.0 cm³/mol. The van der Waals surface area contributed by atoms with Crippen molar-refractivity contribution in [3.05, 3.63) is 30.1 Å². The summed E-state index contributed by atoms with van der Waals surface area (Å²) in [5.74, 6) is 0.0287. The van der Waals surface area contributed by atoms with Gasteiger partial charge in [-0.05, 0) is 11.6 Å². The maximum Gasteiger partial charge on any atom is 0.242 e. The SMILES string of the molecule is O=C1CN2C(=O)CNCC2CN1Cc1cccnc1. The molecule has 0 aliphatic carbocycles. The molecule has 2 aliphatic heterocycles. The molecule has 6 heteroatoms.